The van der Waals surface area contributed by atoms with Gasteiger partial charge < -0.3 is 4.74 Å². The number of allylic oxidation sites excluding steroid dienone is 2. The van der Waals surface area contributed by atoms with Gasteiger partial charge in [-0.1, -0.05) is 56.9 Å². The molecule has 0 spiro atoms. The molecule has 0 rings (SSSR count). The monoisotopic (exact) mass is 278 g/mol. The summed E-state index contributed by atoms with van der Waals surface area (Å²) in [5.41, 5.74) is 0. The van der Waals surface area contributed by atoms with Gasteiger partial charge in [0.1, 0.15) is 0 Å². The van der Waals surface area contributed by atoms with Crippen LogP contribution in [0.2, 0.25) is 0 Å². The van der Waals surface area contributed by atoms with Gasteiger partial charge in [-0.3, -0.25) is 4.79 Å². The first-order chi connectivity index (χ1) is 9.77. The fraction of sp³-hybridized carbons (Fsp3) is 0.722. The smallest absolute Gasteiger partial charge is 0.302 e. The van der Waals surface area contributed by atoms with Crippen LogP contribution in [-0.2, 0) is 9.53 Å². The number of hydrogen-bond donors (Lipinski definition) is 0. The molecule has 0 aliphatic rings. The molecule has 0 aliphatic heterocycles. The maximum Gasteiger partial charge on any atom is 0.302 e. The summed E-state index contributed by atoms with van der Waals surface area (Å²) in [6.45, 7) is 4.23. The molecule has 0 N–H and O–H groups in total. The zero-order chi connectivity index (χ0) is 14.9. The molecule has 0 radical (unpaired) electrons. The number of carbonyl (C=O) groups excluding carboxylic acids is 1. The Morgan fingerprint density at radius 3 is 2.45 bits per heavy atom. The number of carbonyl (C=O) groups is 1. The van der Waals surface area contributed by atoms with Crippen molar-refractivity contribution in [2.24, 2.45) is 0 Å². The lowest BCUT2D eigenvalue weighted by atomic mass is 10.1. The van der Waals surface area contributed by atoms with E-state index in [2.05, 4.69) is 24.8 Å². The van der Waals surface area contributed by atoms with Crippen molar-refractivity contribution in [2.45, 2.75) is 78.1 Å². The van der Waals surface area contributed by atoms with E-state index in [0.29, 0.717) is 6.61 Å². The third-order valence-corrected chi connectivity index (χ3v) is 3.03. The van der Waals surface area contributed by atoms with E-state index in [4.69, 9.17) is 4.74 Å². The summed E-state index contributed by atoms with van der Waals surface area (Å²) in [4.78, 5) is 10.5. The third kappa shape index (κ3) is 16.8. The molecule has 0 atom stereocenters. The van der Waals surface area contributed by atoms with Gasteiger partial charge in [0.25, 0.3) is 0 Å². The van der Waals surface area contributed by atoms with Gasteiger partial charge in [-0.25, -0.2) is 0 Å². The van der Waals surface area contributed by atoms with Crippen molar-refractivity contribution >= 4 is 5.97 Å². The maximum atomic E-state index is 10.5. The summed E-state index contributed by atoms with van der Waals surface area (Å²) < 4.78 is 4.89. The van der Waals surface area contributed by atoms with Crippen molar-refractivity contribution in [3.05, 3.63) is 12.2 Å². The topological polar surface area (TPSA) is 26.3 Å². The molecule has 0 aromatic rings. The average molecular weight is 278 g/mol. The van der Waals surface area contributed by atoms with Gasteiger partial charge in [0.15, 0.2) is 0 Å². The Morgan fingerprint density at radius 2 is 1.75 bits per heavy atom. The van der Waals surface area contributed by atoms with E-state index in [-0.39, 0.29) is 5.97 Å². The van der Waals surface area contributed by atoms with Gasteiger partial charge in [0.05, 0.1) is 6.61 Å². The average Bonchev–Trinajstić information content (AvgIpc) is 2.43. The highest BCUT2D eigenvalue weighted by molar-refractivity contribution is 5.65. The minimum atomic E-state index is -0.172. The molecule has 0 bridgehead atoms. The van der Waals surface area contributed by atoms with E-state index in [1.54, 1.807) is 0 Å². The Balaban J connectivity index is 3.17. The van der Waals surface area contributed by atoms with Crippen LogP contribution in [0.1, 0.15) is 78.1 Å². The standard InChI is InChI=1S/C18H30O2/c1-3-4-5-6-7-8-9-10-11-12-13-14-15-16-17-20-18(2)19/h8-9H,3-5,10-17H2,1-2H3/b9-8+. The molecule has 2 heteroatoms. The first kappa shape index (κ1) is 18.8. The van der Waals surface area contributed by atoms with E-state index < -0.39 is 0 Å². The number of esters is 1. The maximum absolute atomic E-state index is 10.5. The fourth-order valence-electron chi connectivity index (χ4n) is 1.83. The minimum Gasteiger partial charge on any atom is -0.466 e. The number of ether oxygens (including phenoxy) is 1. The van der Waals surface area contributed by atoms with Crippen LogP contribution in [0.4, 0.5) is 0 Å². The van der Waals surface area contributed by atoms with E-state index in [9.17, 15) is 4.79 Å². The van der Waals surface area contributed by atoms with Crippen LogP contribution in [0, 0.1) is 11.8 Å². The Hall–Kier alpha value is -1.23. The molecule has 0 saturated carbocycles. The summed E-state index contributed by atoms with van der Waals surface area (Å²) >= 11 is 0. The second-order valence-electron chi connectivity index (χ2n) is 5.08. The second kappa shape index (κ2) is 15.8. The normalized spacial score (nSPS) is 10.3. The molecule has 0 saturated heterocycles. The lowest BCUT2D eigenvalue weighted by Crippen LogP contribution is -1.99. The van der Waals surface area contributed by atoms with Crippen LogP contribution in [0.25, 0.3) is 0 Å². The zero-order valence-corrected chi connectivity index (χ0v) is 13.2. The molecule has 0 heterocycles. The third-order valence-electron chi connectivity index (χ3n) is 3.03. The van der Waals surface area contributed by atoms with Crippen molar-refractivity contribution in [1.82, 2.24) is 0 Å². The Morgan fingerprint density at radius 1 is 1.05 bits per heavy atom. The summed E-state index contributed by atoms with van der Waals surface area (Å²) in [5.74, 6) is 6.06. The van der Waals surface area contributed by atoms with Gasteiger partial charge in [0.2, 0.25) is 0 Å². The first-order valence-electron chi connectivity index (χ1n) is 8.04. The van der Waals surface area contributed by atoms with Crippen molar-refractivity contribution in [3.63, 3.8) is 0 Å². The summed E-state index contributed by atoms with van der Waals surface area (Å²) in [6.07, 6.45) is 15.9. The number of unbranched alkanes of at least 4 members (excludes halogenated alkanes) is 8. The first-order valence-corrected chi connectivity index (χ1v) is 8.04. The van der Waals surface area contributed by atoms with Crippen LogP contribution in [0.3, 0.4) is 0 Å². The van der Waals surface area contributed by atoms with Gasteiger partial charge >= 0.3 is 5.97 Å². The Labute approximate surface area is 125 Å². The number of rotatable bonds is 11. The molecule has 0 fully saturated rings. The lowest BCUT2D eigenvalue weighted by Gasteiger charge is -2.01. The highest BCUT2D eigenvalue weighted by atomic mass is 16.5. The van der Waals surface area contributed by atoms with Crippen molar-refractivity contribution in [3.8, 4) is 11.8 Å². The number of hydrogen-bond acceptors (Lipinski definition) is 2. The zero-order valence-electron chi connectivity index (χ0n) is 13.2. The van der Waals surface area contributed by atoms with E-state index in [1.165, 1.54) is 45.4 Å². The van der Waals surface area contributed by atoms with Crippen LogP contribution in [0.15, 0.2) is 12.2 Å². The van der Waals surface area contributed by atoms with Crippen LogP contribution < -0.4 is 0 Å². The Kier molecular flexibility index (Phi) is 14.9. The summed E-state index contributed by atoms with van der Waals surface area (Å²) in [5, 5.41) is 0. The largest absolute Gasteiger partial charge is 0.466 e. The summed E-state index contributed by atoms with van der Waals surface area (Å²) in [7, 11) is 0. The van der Waals surface area contributed by atoms with Gasteiger partial charge in [0, 0.05) is 13.3 Å². The predicted octanol–water partition coefficient (Wildman–Crippen LogP) is 5.03. The fourth-order valence-corrected chi connectivity index (χ4v) is 1.83. The SMILES string of the molecule is CCCCC#C/C=C/CCCCCCCCOC(C)=O. The molecule has 20 heavy (non-hydrogen) atoms. The van der Waals surface area contributed by atoms with Crippen molar-refractivity contribution in [2.75, 3.05) is 6.61 Å². The molecular weight excluding hydrogens is 248 g/mol. The Bertz CT molecular complexity index is 307. The molecular formula is C18H30O2. The summed E-state index contributed by atoms with van der Waals surface area (Å²) in [6, 6.07) is 0. The molecule has 0 aliphatic carbocycles. The van der Waals surface area contributed by atoms with Gasteiger partial charge in [-0.2, -0.15) is 0 Å². The molecule has 0 aromatic heterocycles. The lowest BCUT2D eigenvalue weighted by molar-refractivity contribution is -0.141. The minimum absolute atomic E-state index is 0.172. The quantitative estimate of drug-likeness (QED) is 0.301. The molecule has 2 nitrogen and oxygen atoms in total. The van der Waals surface area contributed by atoms with E-state index in [0.717, 1.165) is 25.7 Å². The molecule has 0 amide bonds. The van der Waals surface area contributed by atoms with Gasteiger partial charge in [-0.05, 0) is 31.8 Å². The highest BCUT2D eigenvalue weighted by Gasteiger charge is 1.93. The molecule has 114 valence electrons. The van der Waals surface area contributed by atoms with Gasteiger partial charge in [-0.15, -0.1) is 0 Å². The van der Waals surface area contributed by atoms with Crippen LogP contribution in [-0.4, -0.2) is 12.6 Å². The molecule has 0 aromatic carbocycles. The highest BCUT2D eigenvalue weighted by Crippen LogP contribution is 2.07. The van der Waals surface area contributed by atoms with Crippen molar-refractivity contribution < 1.29 is 9.53 Å². The van der Waals surface area contributed by atoms with E-state index in [1.807, 2.05) is 6.08 Å². The predicted molar refractivity (Wildman–Crippen MR) is 85.4 cm³/mol. The molecule has 0 unspecified atom stereocenters. The second-order valence-corrected chi connectivity index (χ2v) is 5.08. The van der Waals surface area contributed by atoms with Crippen LogP contribution in [0.5, 0.6) is 0 Å². The van der Waals surface area contributed by atoms with Crippen LogP contribution >= 0.6 is 0 Å². The van der Waals surface area contributed by atoms with E-state index >= 15 is 0 Å². The van der Waals surface area contributed by atoms with Crippen molar-refractivity contribution in [1.29, 1.82) is 0 Å².